The molecule has 4 heteroatoms. The molecule has 2 rings (SSSR count). The normalized spacial score (nSPS) is 18.1. The highest BCUT2D eigenvalue weighted by Gasteiger charge is 2.19. The highest BCUT2D eigenvalue weighted by atomic mass is 15.3. The maximum atomic E-state index is 4.52. The quantitative estimate of drug-likeness (QED) is 0.758. The summed E-state index contributed by atoms with van der Waals surface area (Å²) < 4.78 is 1.97. The Labute approximate surface area is 116 Å². The molecule has 0 aliphatic carbocycles. The van der Waals surface area contributed by atoms with Crippen molar-refractivity contribution < 1.29 is 0 Å². The molecule has 106 valence electrons. The minimum atomic E-state index is 0.666. The van der Waals surface area contributed by atoms with Crippen LogP contribution in [-0.4, -0.2) is 51.8 Å². The van der Waals surface area contributed by atoms with Gasteiger partial charge >= 0.3 is 0 Å². The van der Waals surface area contributed by atoms with Gasteiger partial charge < -0.3 is 0 Å². The van der Waals surface area contributed by atoms with Crippen LogP contribution in [0.2, 0.25) is 0 Å². The van der Waals surface area contributed by atoms with Crippen LogP contribution in [0.25, 0.3) is 0 Å². The van der Waals surface area contributed by atoms with Gasteiger partial charge in [-0.25, -0.2) is 0 Å². The summed E-state index contributed by atoms with van der Waals surface area (Å²) in [4.78, 5) is 5.08. The van der Waals surface area contributed by atoms with Crippen LogP contribution < -0.4 is 0 Å². The SMILES string of the molecule is C=CCn1cc(CN2CCN(C(C)C)CC2)c(C)n1. The third-order valence-electron chi connectivity index (χ3n) is 3.90. The number of aryl methyl sites for hydroxylation is 1. The number of hydrogen-bond donors (Lipinski definition) is 0. The molecule has 0 atom stereocenters. The lowest BCUT2D eigenvalue weighted by molar-refractivity contribution is 0.104. The first-order chi connectivity index (χ1) is 9.10. The van der Waals surface area contributed by atoms with Crippen molar-refractivity contribution in [1.29, 1.82) is 0 Å². The monoisotopic (exact) mass is 262 g/mol. The Bertz CT molecular complexity index is 414. The van der Waals surface area contributed by atoms with Crippen LogP contribution in [0.1, 0.15) is 25.1 Å². The van der Waals surface area contributed by atoms with E-state index in [9.17, 15) is 0 Å². The number of piperazine rings is 1. The first kappa shape index (κ1) is 14.3. The van der Waals surface area contributed by atoms with Gasteiger partial charge in [0.25, 0.3) is 0 Å². The minimum Gasteiger partial charge on any atom is -0.298 e. The molecule has 0 radical (unpaired) electrons. The van der Waals surface area contributed by atoms with E-state index in [0.717, 1.165) is 31.9 Å². The lowest BCUT2D eigenvalue weighted by atomic mass is 10.2. The van der Waals surface area contributed by atoms with Gasteiger partial charge in [0.2, 0.25) is 0 Å². The van der Waals surface area contributed by atoms with Gasteiger partial charge in [0.1, 0.15) is 0 Å². The molecular formula is C15H26N4. The molecule has 19 heavy (non-hydrogen) atoms. The molecule has 1 aromatic rings. The van der Waals surface area contributed by atoms with Crippen molar-refractivity contribution in [1.82, 2.24) is 19.6 Å². The van der Waals surface area contributed by atoms with Crippen molar-refractivity contribution in [3.8, 4) is 0 Å². The van der Waals surface area contributed by atoms with Crippen molar-refractivity contribution in [2.24, 2.45) is 0 Å². The highest BCUT2D eigenvalue weighted by molar-refractivity contribution is 5.15. The van der Waals surface area contributed by atoms with E-state index in [1.807, 2.05) is 10.8 Å². The van der Waals surface area contributed by atoms with Crippen molar-refractivity contribution in [3.05, 3.63) is 30.1 Å². The number of aromatic nitrogens is 2. The molecule has 0 bridgehead atoms. The maximum Gasteiger partial charge on any atom is 0.0638 e. The Hall–Kier alpha value is -1.13. The predicted octanol–water partition coefficient (Wildman–Crippen LogP) is 1.90. The predicted molar refractivity (Wildman–Crippen MR) is 79.1 cm³/mol. The Balaban J connectivity index is 1.90. The fraction of sp³-hybridized carbons (Fsp3) is 0.667. The van der Waals surface area contributed by atoms with E-state index < -0.39 is 0 Å². The summed E-state index contributed by atoms with van der Waals surface area (Å²) in [7, 11) is 0. The van der Waals surface area contributed by atoms with Crippen molar-refractivity contribution in [2.75, 3.05) is 26.2 Å². The second-order valence-corrected chi connectivity index (χ2v) is 5.66. The largest absolute Gasteiger partial charge is 0.298 e. The summed E-state index contributed by atoms with van der Waals surface area (Å²) in [6.45, 7) is 16.9. The van der Waals surface area contributed by atoms with Crippen molar-refractivity contribution in [3.63, 3.8) is 0 Å². The molecule has 0 aromatic carbocycles. The third kappa shape index (κ3) is 3.67. The molecule has 0 unspecified atom stereocenters. The summed E-state index contributed by atoms with van der Waals surface area (Å²) in [6, 6.07) is 0.666. The van der Waals surface area contributed by atoms with Crippen molar-refractivity contribution in [2.45, 2.75) is 39.9 Å². The van der Waals surface area contributed by atoms with Gasteiger partial charge in [0, 0.05) is 50.5 Å². The lowest BCUT2D eigenvalue weighted by Gasteiger charge is -2.36. The van der Waals surface area contributed by atoms with E-state index in [0.29, 0.717) is 6.04 Å². The van der Waals surface area contributed by atoms with E-state index in [1.165, 1.54) is 18.7 Å². The van der Waals surface area contributed by atoms with Crippen LogP contribution in [0.4, 0.5) is 0 Å². The Kier molecular flexibility index (Phi) is 4.77. The molecule has 0 N–H and O–H groups in total. The topological polar surface area (TPSA) is 24.3 Å². The minimum absolute atomic E-state index is 0.666. The van der Waals surface area contributed by atoms with Gasteiger partial charge in [0.15, 0.2) is 0 Å². The summed E-state index contributed by atoms with van der Waals surface area (Å²) in [5.41, 5.74) is 2.49. The zero-order valence-electron chi connectivity index (χ0n) is 12.5. The molecule has 1 saturated heterocycles. The zero-order chi connectivity index (χ0) is 13.8. The number of rotatable bonds is 5. The summed E-state index contributed by atoms with van der Waals surface area (Å²) in [5, 5.41) is 4.52. The van der Waals surface area contributed by atoms with Gasteiger partial charge in [0.05, 0.1) is 12.2 Å². The van der Waals surface area contributed by atoms with Gasteiger partial charge in [-0.3, -0.25) is 14.5 Å². The van der Waals surface area contributed by atoms with Gasteiger partial charge in [-0.2, -0.15) is 5.10 Å². The Morgan fingerprint density at radius 2 is 2.00 bits per heavy atom. The molecule has 0 amide bonds. The molecule has 2 heterocycles. The zero-order valence-corrected chi connectivity index (χ0v) is 12.5. The summed E-state index contributed by atoms with van der Waals surface area (Å²) in [6.07, 6.45) is 4.05. The van der Waals surface area contributed by atoms with E-state index in [1.54, 1.807) is 0 Å². The second kappa shape index (κ2) is 6.35. The second-order valence-electron chi connectivity index (χ2n) is 5.66. The number of nitrogens with zero attached hydrogens (tertiary/aromatic N) is 4. The summed E-state index contributed by atoms with van der Waals surface area (Å²) in [5.74, 6) is 0. The lowest BCUT2D eigenvalue weighted by Crippen LogP contribution is -2.48. The molecule has 1 aliphatic heterocycles. The van der Waals surface area contributed by atoms with E-state index >= 15 is 0 Å². The van der Waals surface area contributed by atoms with Gasteiger partial charge in [-0.05, 0) is 20.8 Å². The van der Waals surface area contributed by atoms with Crippen LogP contribution in [0.3, 0.4) is 0 Å². The van der Waals surface area contributed by atoms with Crippen LogP contribution in [0.15, 0.2) is 18.9 Å². The molecular weight excluding hydrogens is 236 g/mol. The number of hydrogen-bond acceptors (Lipinski definition) is 3. The highest BCUT2D eigenvalue weighted by Crippen LogP contribution is 2.13. The standard InChI is InChI=1S/C15H26N4/c1-5-6-19-12-15(14(4)16-19)11-17-7-9-18(10-8-17)13(2)3/h5,12-13H,1,6-11H2,2-4H3. The molecule has 0 spiro atoms. The van der Waals surface area contributed by atoms with E-state index in [4.69, 9.17) is 0 Å². The first-order valence-electron chi connectivity index (χ1n) is 7.20. The average molecular weight is 262 g/mol. The van der Waals surface area contributed by atoms with Crippen LogP contribution in [0.5, 0.6) is 0 Å². The molecule has 4 nitrogen and oxygen atoms in total. The van der Waals surface area contributed by atoms with Crippen LogP contribution in [-0.2, 0) is 13.1 Å². The number of allylic oxidation sites excluding steroid dienone is 1. The summed E-state index contributed by atoms with van der Waals surface area (Å²) >= 11 is 0. The van der Waals surface area contributed by atoms with Gasteiger partial charge in [-0.15, -0.1) is 6.58 Å². The fourth-order valence-corrected chi connectivity index (χ4v) is 2.62. The first-order valence-corrected chi connectivity index (χ1v) is 7.20. The third-order valence-corrected chi connectivity index (χ3v) is 3.90. The Morgan fingerprint density at radius 1 is 1.32 bits per heavy atom. The molecule has 0 saturated carbocycles. The van der Waals surface area contributed by atoms with E-state index in [-0.39, 0.29) is 0 Å². The molecule has 1 fully saturated rings. The molecule has 1 aliphatic rings. The molecule has 1 aromatic heterocycles. The fourth-order valence-electron chi connectivity index (χ4n) is 2.62. The van der Waals surface area contributed by atoms with E-state index in [2.05, 4.69) is 48.4 Å². The van der Waals surface area contributed by atoms with Crippen LogP contribution in [0, 0.1) is 6.92 Å². The Morgan fingerprint density at radius 3 is 2.58 bits per heavy atom. The average Bonchev–Trinajstić information content (AvgIpc) is 2.71. The van der Waals surface area contributed by atoms with Gasteiger partial charge in [-0.1, -0.05) is 6.08 Å². The van der Waals surface area contributed by atoms with Crippen LogP contribution >= 0.6 is 0 Å². The smallest absolute Gasteiger partial charge is 0.0638 e. The van der Waals surface area contributed by atoms with Crippen molar-refractivity contribution >= 4 is 0 Å². The maximum absolute atomic E-state index is 4.52.